The Kier molecular flexibility index (Phi) is 3.79. The second-order valence-electron chi connectivity index (χ2n) is 4.65. The first kappa shape index (κ1) is 12.1. The maximum absolute atomic E-state index is 13.9. The molecule has 1 N–H and O–H groups in total. The number of piperidine rings is 1. The Morgan fingerprint density at radius 1 is 1.24 bits per heavy atom. The van der Waals surface area contributed by atoms with Crippen LogP contribution < -0.4 is 10.2 Å². The van der Waals surface area contributed by atoms with Gasteiger partial charge >= 0.3 is 0 Å². The SMILES string of the molecule is CN(C)c1ccc(C=C2CCNCC2)c(F)c1. The van der Waals surface area contributed by atoms with Crippen molar-refractivity contribution < 1.29 is 4.39 Å². The van der Waals surface area contributed by atoms with E-state index in [-0.39, 0.29) is 5.82 Å². The lowest BCUT2D eigenvalue weighted by Crippen LogP contribution is -2.22. The zero-order chi connectivity index (χ0) is 12.3. The van der Waals surface area contributed by atoms with Crippen LogP contribution in [0.25, 0.3) is 6.08 Å². The van der Waals surface area contributed by atoms with E-state index in [1.165, 1.54) is 5.57 Å². The normalized spacial score (nSPS) is 15.8. The van der Waals surface area contributed by atoms with Gasteiger partial charge in [-0.3, -0.25) is 0 Å². The van der Waals surface area contributed by atoms with Crippen molar-refractivity contribution in [2.75, 3.05) is 32.1 Å². The maximum atomic E-state index is 13.9. The van der Waals surface area contributed by atoms with E-state index in [9.17, 15) is 4.39 Å². The van der Waals surface area contributed by atoms with Gasteiger partial charge in [0, 0.05) is 25.3 Å². The first-order valence-corrected chi connectivity index (χ1v) is 6.04. The molecule has 0 aromatic heterocycles. The van der Waals surface area contributed by atoms with Crippen molar-refractivity contribution in [3.8, 4) is 0 Å². The number of anilines is 1. The number of halogens is 1. The van der Waals surface area contributed by atoms with Crippen LogP contribution >= 0.6 is 0 Å². The highest BCUT2D eigenvalue weighted by Gasteiger charge is 2.07. The van der Waals surface area contributed by atoms with E-state index in [1.54, 1.807) is 6.07 Å². The summed E-state index contributed by atoms with van der Waals surface area (Å²) in [5.41, 5.74) is 2.93. The van der Waals surface area contributed by atoms with E-state index in [0.29, 0.717) is 5.56 Å². The Bertz CT molecular complexity index is 416. The highest BCUT2D eigenvalue weighted by molar-refractivity contribution is 5.58. The minimum atomic E-state index is -0.137. The predicted octanol–water partition coefficient (Wildman–Crippen LogP) is 2.66. The summed E-state index contributed by atoms with van der Waals surface area (Å²) in [4.78, 5) is 1.91. The molecule has 0 spiro atoms. The Hall–Kier alpha value is -1.35. The first-order valence-electron chi connectivity index (χ1n) is 6.04. The standard InChI is InChI=1S/C14H19FN2/c1-17(2)13-4-3-12(14(15)10-13)9-11-5-7-16-8-6-11/h3-4,9-10,16H,5-8H2,1-2H3. The molecule has 3 heteroatoms. The lowest BCUT2D eigenvalue weighted by Gasteiger charge is -2.16. The largest absolute Gasteiger partial charge is 0.378 e. The van der Waals surface area contributed by atoms with E-state index in [2.05, 4.69) is 5.32 Å². The summed E-state index contributed by atoms with van der Waals surface area (Å²) in [5, 5.41) is 3.30. The number of hydrogen-bond donors (Lipinski definition) is 1. The molecule has 0 amide bonds. The second-order valence-corrected chi connectivity index (χ2v) is 4.65. The Balaban J connectivity index is 2.21. The lowest BCUT2D eigenvalue weighted by atomic mass is 10.0. The van der Waals surface area contributed by atoms with Crippen molar-refractivity contribution >= 4 is 11.8 Å². The van der Waals surface area contributed by atoms with Crippen molar-refractivity contribution in [1.29, 1.82) is 0 Å². The molecule has 1 fully saturated rings. The van der Waals surface area contributed by atoms with Gasteiger partial charge in [-0.25, -0.2) is 4.39 Å². The summed E-state index contributed by atoms with van der Waals surface area (Å²) in [6.45, 7) is 2.01. The van der Waals surface area contributed by atoms with Crippen LogP contribution in [0, 0.1) is 5.82 Å². The van der Waals surface area contributed by atoms with Crippen molar-refractivity contribution in [1.82, 2.24) is 5.32 Å². The van der Waals surface area contributed by atoms with Crippen LogP contribution in [0.15, 0.2) is 23.8 Å². The summed E-state index contributed by atoms with van der Waals surface area (Å²) in [6.07, 6.45) is 4.04. The fourth-order valence-electron chi connectivity index (χ4n) is 2.02. The molecule has 1 heterocycles. The molecule has 0 aliphatic carbocycles. The highest BCUT2D eigenvalue weighted by atomic mass is 19.1. The molecule has 0 bridgehead atoms. The summed E-state index contributed by atoms with van der Waals surface area (Å²) in [6, 6.07) is 5.41. The smallest absolute Gasteiger partial charge is 0.132 e. The van der Waals surface area contributed by atoms with Crippen LogP contribution in [0.3, 0.4) is 0 Å². The minimum Gasteiger partial charge on any atom is -0.378 e. The third kappa shape index (κ3) is 3.07. The molecule has 0 unspecified atom stereocenters. The van der Waals surface area contributed by atoms with Gasteiger partial charge in [0.15, 0.2) is 0 Å². The van der Waals surface area contributed by atoms with Crippen LogP contribution in [0.2, 0.25) is 0 Å². The van der Waals surface area contributed by atoms with Crippen molar-refractivity contribution in [2.24, 2.45) is 0 Å². The van der Waals surface area contributed by atoms with E-state index in [0.717, 1.165) is 31.6 Å². The fraction of sp³-hybridized carbons (Fsp3) is 0.429. The van der Waals surface area contributed by atoms with Gasteiger partial charge in [-0.05, 0) is 44.1 Å². The summed E-state index contributed by atoms with van der Waals surface area (Å²) in [5.74, 6) is -0.137. The quantitative estimate of drug-likeness (QED) is 0.846. The Morgan fingerprint density at radius 3 is 2.53 bits per heavy atom. The molecule has 1 aliphatic rings. The molecule has 0 atom stereocenters. The lowest BCUT2D eigenvalue weighted by molar-refractivity contribution is 0.609. The topological polar surface area (TPSA) is 15.3 Å². The van der Waals surface area contributed by atoms with Gasteiger partial charge in [0.25, 0.3) is 0 Å². The van der Waals surface area contributed by atoms with E-state index >= 15 is 0 Å². The van der Waals surface area contributed by atoms with Crippen LogP contribution in [0.5, 0.6) is 0 Å². The molecule has 2 nitrogen and oxygen atoms in total. The van der Waals surface area contributed by atoms with Crippen LogP contribution in [-0.4, -0.2) is 27.2 Å². The number of hydrogen-bond acceptors (Lipinski definition) is 2. The minimum absolute atomic E-state index is 0.137. The van der Waals surface area contributed by atoms with Gasteiger partial charge < -0.3 is 10.2 Å². The molecule has 1 saturated heterocycles. The molecule has 1 aromatic rings. The third-order valence-electron chi connectivity index (χ3n) is 3.11. The maximum Gasteiger partial charge on any atom is 0.132 e. The van der Waals surface area contributed by atoms with Gasteiger partial charge in [-0.15, -0.1) is 0 Å². The fourth-order valence-corrected chi connectivity index (χ4v) is 2.02. The van der Waals surface area contributed by atoms with Crippen molar-refractivity contribution in [2.45, 2.75) is 12.8 Å². The average Bonchev–Trinajstić information content (AvgIpc) is 2.33. The van der Waals surface area contributed by atoms with E-state index in [4.69, 9.17) is 0 Å². The molecular formula is C14H19FN2. The Morgan fingerprint density at radius 2 is 1.94 bits per heavy atom. The number of nitrogens with zero attached hydrogens (tertiary/aromatic N) is 1. The predicted molar refractivity (Wildman–Crippen MR) is 70.8 cm³/mol. The van der Waals surface area contributed by atoms with Crippen LogP contribution in [0.4, 0.5) is 10.1 Å². The summed E-state index contributed by atoms with van der Waals surface area (Å²) >= 11 is 0. The zero-order valence-corrected chi connectivity index (χ0v) is 10.5. The van der Waals surface area contributed by atoms with Gasteiger partial charge in [0.1, 0.15) is 5.82 Å². The molecule has 2 rings (SSSR count). The third-order valence-corrected chi connectivity index (χ3v) is 3.11. The zero-order valence-electron chi connectivity index (χ0n) is 10.5. The first-order chi connectivity index (χ1) is 8.16. The number of nitrogens with one attached hydrogen (secondary N) is 1. The van der Waals surface area contributed by atoms with Crippen LogP contribution in [0.1, 0.15) is 18.4 Å². The van der Waals surface area contributed by atoms with Gasteiger partial charge in [-0.2, -0.15) is 0 Å². The Labute approximate surface area is 102 Å². The van der Waals surface area contributed by atoms with Gasteiger partial charge in [0.2, 0.25) is 0 Å². The number of rotatable bonds is 2. The number of benzene rings is 1. The average molecular weight is 234 g/mol. The molecule has 1 aromatic carbocycles. The van der Waals surface area contributed by atoms with Crippen molar-refractivity contribution in [3.63, 3.8) is 0 Å². The molecular weight excluding hydrogens is 215 g/mol. The molecule has 0 radical (unpaired) electrons. The molecule has 92 valence electrons. The van der Waals surface area contributed by atoms with Gasteiger partial charge in [0.05, 0.1) is 0 Å². The van der Waals surface area contributed by atoms with E-state index < -0.39 is 0 Å². The van der Waals surface area contributed by atoms with Gasteiger partial charge in [-0.1, -0.05) is 11.6 Å². The molecule has 0 saturated carbocycles. The molecule has 1 aliphatic heterocycles. The van der Waals surface area contributed by atoms with Crippen LogP contribution in [-0.2, 0) is 0 Å². The van der Waals surface area contributed by atoms with Crippen molar-refractivity contribution in [3.05, 3.63) is 35.2 Å². The highest BCUT2D eigenvalue weighted by Crippen LogP contribution is 2.21. The van der Waals surface area contributed by atoms with E-state index in [1.807, 2.05) is 37.2 Å². The monoisotopic (exact) mass is 234 g/mol. The summed E-state index contributed by atoms with van der Waals surface area (Å²) < 4.78 is 13.9. The second kappa shape index (κ2) is 5.32. The summed E-state index contributed by atoms with van der Waals surface area (Å²) in [7, 11) is 3.83. The molecule has 17 heavy (non-hydrogen) atoms.